The minimum atomic E-state index is -0.495. The molecule has 128 valence electrons. The van der Waals surface area contributed by atoms with Gasteiger partial charge in [0.25, 0.3) is 17.7 Å². The lowest BCUT2D eigenvalue weighted by atomic mass is 10.1. The zero-order chi connectivity index (χ0) is 18.1. The van der Waals surface area contributed by atoms with Crippen molar-refractivity contribution in [3.63, 3.8) is 0 Å². The molecule has 3 amide bonds. The highest BCUT2D eigenvalue weighted by Crippen LogP contribution is 2.27. The number of halogens is 1. The number of imide groups is 1. The first kappa shape index (κ1) is 16.6. The summed E-state index contributed by atoms with van der Waals surface area (Å²) in [5.74, 6) is -1.62. The van der Waals surface area contributed by atoms with Gasteiger partial charge in [-0.25, -0.2) is 4.39 Å². The van der Waals surface area contributed by atoms with Crippen molar-refractivity contribution in [2.24, 2.45) is 0 Å². The fourth-order valence-electron chi connectivity index (χ4n) is 2.57. The fraction of sp³-hybridized carbons (Fsp3) is 0.167. The zero-order valence-electron chi connectivity index (χ0n) is 13.6. The van der Waals surface area contributed by atoms with Gasteiger partial charge in [-0.05, 0) is 37.3 Å². The largest absolute Gasteiger partial charge is 0.492 e. The highest BCUT2D eigenvalue weighted by molar-refractivity contribution is 6.22. The first-order valence-electron chi connectivity index (χ1n) is 7.62. The Labute approximate surface area is 143 Å². The average molecular weight is 342 g/mol. The van der Waals surface area contributed by atoms with Crippen molar-refractivity contribution in [1.29, 1.82) is 0 Å². The van der Waals surface area contributed by atoms with Crippen LogP contribution in [0.2, 0.25) is 0 Å². The SMILES string of the molecule is CCOc1cc(F)ccc1NC(=O)c1ccc2c(c1)C(=O)N(C)C2=O. The maximum absolute atomic E-state index is 13.3. The van der Waals surface area contributed by atoms with Crippen molar-refractivity contribution in [2.45, 2.75) is 6.92 Å². The Bertz CT molecular complexity index is 895. The van der Waals surface area contributed by atoms with E-state index in [2.05, 4.69) is 5.32 Å². The maximum atomic E-state index is 13.3. The van der Waals surface area contributed by atoms with Gasteiger partial charge < -0.3 is 10.1 Å². The Hall–Kier alpha value is -3.22. The molecule has 7 heteroatoms. The van der Waals surface area contributed by atoms with E-state index in [0.29, 0.717) is 12.3 Å². The Balaban J connectivity index is 1.89. The molecule has 0 radical (unpaired) electrons. The van der Waals surface area contributed by atoms with Gasteiger partial charge >= 0.3 is 0 Å². The smallest absolute Gasteiger partial charge is 0.261 e. The van der Waals surface area contributed by atoms with E-state index in [9.17, 15) is 18.8 Å². The normalized spacial score (nSPS) is 13.0. The number of anilines is 1. The van der Waals surface area contributed by atoms with E-state index < -0.39 is 23.5 Å². The number of fused-ring (bicyclic) bond motifs is 1. The Kier molecular flexibility index (Phi) is 4.22. The minimum absolute atomic E-state index is 0.185. The molecule has 0 atom stereocenters. The van der Waals surface area contributed by atoms with Crippen LogP contribution in [0, 0.1) is 5.82 Å². The number of hydrogen-bond acceptors (Lipinski definition) is 4. The molecule has 25 heavy (non-hydrogen) atoms. The molecule has 0 bridgehead atoms. The second kappa shape index (κ2) is 6.35. The van der Waals surface area contributed by atoms with Gasteiger partial charge in [-0.2, -0.15) is 0 Å². The predicted octanol–water partition coefficient (Wildman–Crippen LogP) is 2.70. The summed E-state index contributed by atoms with van der Waals surface area (Å²) in [6.45, 7) is 2.06. The number of hydrogen-bond donors (Lipinski definition) is 1. The number of nitrogens with zero attached hydrogens (tertiary/aromatic N) is 1. The zero-order valence-corrected chi connectivity index (χ0v) is 13.6. The quantitative estimate of drug-likeness (QED) is 0.867. The summed E-state index contributed by atoms with van der Waals surface area (Å²) >= 11 is 0. The molecule has 1 aliphatic rings. The van der Waals surface area contributed by atoms with Crippen LogP contribution >= 0.6 is 0 Å². The van der Waals surface area contributed by atoms with E-state index in [-0.39, 0.29) is 22.4 Å². The van der Waals surface area contributed by atoms with Crippen LogP contribution in [0.1, 0.15) is 38.0 Å². The van der Waals surface area contributed by atoms with Crippen LogP contribution in [-0.2, 0) is 0 Å². The van der Waals surface area contributed by atoms with E-state index in [1.807, 2.05) is 0 Å². The van der Waals surface area contributed by atoms with Gasteiger partial charge in [0.2, 0.25) is 0 Å². The third-order valence-corrected chi connectivity index (χ3v) is 3.84. The summed E-state index contributed by atoms with van der Waals surface area (Å²) < 4.78 is 18.6. The van der Waals surface area contributed by atoms with E-state index in [1.165, 1.54) is 43.4 Å². The van der Waals surface area contributed by atoms with Gasteiger partial charge in [0, 0.05) is 18.7 Å². The summed E-state index contributed by atoms with van der Waals surface area (Å²) in [4.78, 5) is 37.4. The number of ether oxygens (including phenoxy) is 1. The molecule has 0 unspecified atom stereocenters. The highest BCUT2D eigenvalue weighted by atomic mass is 19.1. The topological polar surface area (TPSA) is 75.7 Å². The van der Waals surface area contributed by atoms with Crippen LogP contribution in [0.4, 0.5) is 10.1 Å². The van der Waals surface area contributed by atoms with Gasteiger partial charge in [0.15, 0.2) is 0 Å². The van der Waals surface area contributed by atoms with E-state index in [0.717, 1.165) is 4.90 Å². The number of carbonyl (C=O) groups is 3. The molecule has 1 N–H and O–H groups in total. The second-order valence-electron chi connectivity index (χ2n) is 5.46. The van der Waals surface area contributed by atoms with E-state index >= 15 is 0 Å². The van der Waals surface area contributed by atoms with Crippen molar-refractivity contribution in [3.05, 3.63) is 58.9 Å². The Morgan fingerprint density at radius 2 is 1.84 bits per heavy atom. The summed E-state index contributed by atoms with van der Waals surface area (Å²) in [7, 11) is 1.39. The van der Waals surface area contributed by atoms with Crippen LogP contribution < -0.4 is 10.1 Å². The molecular weight excluding hydrogens is 327 g/mol. The number of nitrogens with one attached hydrogen (secondary N) is 1. The third-order valence-electron chi connectivity index (χ3n) is 3.84. The number of benzene rings is 2. The van der Waals surface area contributed by atoms with Gasteiger partial charge in [0.1, 0.15) is 11.6 Å². The molecule has 0 saturated carbocycles. The standard InChI is InChI=1S/C18H15FN2O4/c1-3-25-15-9-11(19)5-7-14(15)20-16(22)10-4-6-12-13(8-10)18(24)21(2)17(12)23/h4-9H,3H2,1-2H3,(H,20,22). The van der Waals surface area contributed by atoms with Crippen molar-refractivity contribution >= 4 is 23.4 Å². The first-order valence-corrected chi connectivity index (χ1v) is 7.62. The summed E-state index contributed by atoms with van der Waals surface area (Å²) in [6, 6.07) is 8.06. The van der Waals surface area contributed by atoms with Crippen LogP contribution in [0.15, 0.2) is 36.4 Å². The molecular formula is C18H15FN2O4. The molecule has 2 aromatic carbocycles. The third kappa shape index (κ3) is 2.96. The molecule has 0 spiro atoms. The minimum Gasteiger partial charge on any atom is -0.492 e. The predicted molar refractivity (Wildman–Crippen MR) is 88.4 cm³/mol. The Morgan fingerprint density at radius 3 is 2.56 bits per heavy atom. The van der Waals surface area contributed by atoms with Crippen molar-refractivity contribution in [3.8, 4) is 5.75 Å². The van der Waals surface area contributed by atoms with Crippen LogP contribution in [0.5, 0.6) is 5.75 Å². The van der Waals surface area contributed by atoms with Gasteiger partial charge in [-0.3, -0.25) is 19.3 Å². The maximum Gasteiger partial charge on any atom is 0.261 e. The fourth-order valence-corrected chi connectivity index (χ4v) is 2.57. The molecule has 0 aliphatic carbocycles. The van der Waals surface area contributed by atoms with Gasteiger partial charge in [0.05, 0.1) is 23.4 Å². The molecule has 0 saturated heterocycles. The average Bonchev–Trinajstić information content (AvgIpc) is 2.81. The van der Waals surface area contributed by atoms with Crippen molar-refractivity contribution in [1.82, 2.24) is 4.90 Å². The summed E-state index contributed by atoms with van der Waals surface area (Å²) in [5, 5.41) is 2.63. The van der Waals surface area contributed by atoms with Crippen molar-refractivity contribution in [2.75, 3.05) is 19.0 Å². The molecule has 1 heterocycles. The summed E-state index contributed by atoms with van der Waals surface area (Å²) in [6.07, 6.45) is 0. The number of rotatable bonds is 4. The lowest BCUT2D eigenvalue weighted by molar-refractivity contribution is 0.0693. The van der Waals surface area contributed by atoms with Crippen LogP contribution in [0.25, 0.3) is 0 Å². The molecule has 3 rings (SSSR count). The summed E-state index contributed by atoms with van der Waals surface area (Å²) in [5.41, 5.74) is 0.973. The molecule has 0 aromatic heterocycles. The second-order valence-corrected chi connectivity index (χ2v) is 5.46. The molecule has 2 aromatic rings. The van der Waals surface area contributed by atoms with Crippen molar-refractivity contribution < 1.29 is 23.5 Å². The monoisotopic (exact) mass is 342 g/mol. The number of carbonyl (C=O) groups excluding carboxylic acids is 3. The first-order chi connectivity index (χ1) is 11.9. The molecule has 0 fully saturated rings. The highest BCUT2D eigenvalue weighted by Gasteiger charge is 2.33. The molecule has 6 nitrogen and oxygen atoms in total. The van der Waals surface area contributed by atoms with E-state index in [4.69, 9.17) is 4.74 Å². The molecule has 1 aliphatic heterocycles. The number of amides is 3. The van der Waals surface area contributed by atoms with Crippen LogP contribution in [-0.4, -0.2) is 36.3 Å². The van der Waals surface area contributed by atoms with Gasteiger partial charge in [-0.1, -0.05) is 0 Å². The van der Waals surface area contributed by atoms with Gasteiger partial charge in [-0.15, -0.1) is 0 Å². The lowest BCUT2D eigenvalue weighted by Crippen LogP contribution is -2.24. The van der Waals surface area contributed by atoms with Crippen LogP contribution in [0.3, 0.4) is 0 Å². The Morgan fingerprint density at radius 1 is 1.12 bits per heavy atom. The lowest BCUT2D eigenvalue weighted by Gasteiger charge is -2.12. The van der Waals surface area contributed by atoms with E-state index in [1.54, 1.807) is 6.92 Å².